The van der Waals surface area contributed by atoms with E-state index in [4.69, 9.17) is 9.26 Å². The van der Waals surface area contributed by atoms with Gasteiger partial charge in [0, 0.05) is 11.6 Å². The fraction of sp³-hybridized carbons (Fsp3) is 0.500. The minimum absolute atomic E-state index is 0.138. The van der Waals surface area contributed by atoms with Gasteiger partial charge in [0.05, 0.1) is 12.5 Å². The Morgan fingerprint density at radius 1 is 1.24 bits per heavy atom. The van der Waals surface area contributed by atoms with Crippen molar-refractivity contribution in [1.82, 2.24) is 10.1 Å². The van der Waals surface area contributed by atoms with Crippen molar-refractivity contribution in [3.05, 3.63) is 48.2 Å². The third-order valence-corrected chi connectivity index (χ3v) is 5.19. The molecule has 1 aromatic carbocycles. The van der Waals surface area contributed by atoms with Crippen molar-refractivity contribution in [2.24, 2.45) is 5.92 Å². The van der Waals surface area contributed by atoms with Gasteiger partial charge in [0.1, 0.15) is 17.0 Å². The van der Waals surface area contributed by atoms with E-state index < -0.39 is 12.0 Å². The highest BCUT2D eigenvalue weighted by Gasteiger charge is 2.33. The first kappa shape index (κ1) is 24.8. The first-order chi connectivity index (χ1) is 15.4. The highest BCUT2D eigenvalue weighted by Crippen LogP contribution is 2.35. The number of nitrogens with zero attached hydrogens (tertiary/aromatic N) is 2. The molecule has 0 aliphatic carbocycles. The molecule has 1 aliphatic rings. The number of alkyl halides is 3. The minimum atomic E-state index is -4.82. The summed E-state index contributed by atoms with van der Waals surface area (Å²) in [5.41, 5.74) is 0.731. The van der Waals surface area contributed by atoms with E-state index in [0.29, 0.717) is 44.7 Å². The summed E-state index contributed by atoms with van der Waals surface area (Å²) in [4.78, 5) is 14.4. The van der Waals surface area contributed by atoms with Gasteiger partial charge in [-0.25, -0.2) is 0 Å². The number of piperidine rings is 1. The Morgan fingerprint density at radius 3 is 2.55 bits per heavy atom. The van der Waals surface area contributed by atoms with E-state index >= 15 is 0 Å². The molecule has 0 atom stereocenters. The molecule has 0 saturated carbocycles. The lowest BCUT2D eigenvalue weighted by atomic mass is 9.96. The summed E-state index contributed by atoms with van der Waals surface area (Å²) in [5.74, 6) is -0.137. The van der Waals surface area contributed by atoms with Crippen molar-refractivity contribution < 1.29 is 32.0 Å². The van der Waals surface area contributed by atoms with Crippen molar-refractivity contribution in [2.45, 2.75) is 58.5 Å². The first-order valence-corrected chi connectivity index (χ1v) is 10.8. The number of hydrogen-bond donors (Lipinski definition) is 0. The number of carbonyl (C=O) groups excluding carboxylic acids is 1. The Balaban J connectivity index is 1.67. The molecule has 0 N–H and O–H groups in total. The lowest BCUT2D eigenvalue weighted by Gasteiger charge is -2.31. The van der Waals surface area contributed by atoms with Gasteiger partial charge in [0.15, 0.2) is 5.76 Å². The molecule has 3 rings (SSSR count). The monoisotopic (exact) mass is 466 g/mol. The molecule has 0 spiro atoms. The molecular weight excluding hydrogens is 437 g/mol. The number of allylic oxidation sites excluding steroid dienone is 1. The zero-order valence-corrected chi connectivity index (χ0v) is 19.1. The topological polar surface area (TPSA) is 64.8 Å². The Bertz CT molecular complexity index is 971. The van der Waals surface area contributed by atoms with Gasteiger partial charge < -0.3 is 14.0 Å². The van der Waals surface area contributed by atoms with Gasteiger partial charge in [-0.15, -0.1) is 19.8 Å². The summed E-state index contributed by atoms with van der Waals surface area (Å²) < 4.78 is 53.6. The van der Waals surface area contributed by atoms with Gasteiger partial charge in [0.25, 0.3) is 0 Å². The standard InChI is InChI=1S/C24H29F3N2O4/c1-5-6-16-7-8-21(31-24(25,26)27)19(13-16)20-14-18(33-28-20)15-29-11-9-17(10-12-29)22(30)32-23(2,3)4/h5,7-8,13-14,17H,1,6,9-12,15H2,2-4H3. The average Bonchev–Trinajstić information content (AvgIpc) is 3.16. The van der Waals surface area contributed by atoms with E-state index in [-0.39, 0.29) is 28.9 Å². The van der Waals surface area contributed by atoms with Crippen LogP contribution in [0.2, 0.25) is 0 Å². The van der Waals surface area contributed by atoms with Gasteiger partial charge in [-0.1, -0.05) is 17.3 Å². The van der Waals surface area contributed by atoms with Crippen LogP contribution in [0.5, 0.6) is 5.75 Å². The molecule has 1 aromatic heterocycles. The highest BCUT2D eigenvalue weighted by atomic mass is 19.4. The van der Waals surface area contributed by atoms with Crippen LogP contribution >= 0.6 is 0 Å². The number of rotatable bonds is 7. The van der Waals surface area contributed by atoms with Gasteiger partial charge >= 0.3 is 12.3 Å². The van der Waals surface area contributed by atoms with Crippen LogP contribution in [0.25, 0.3) is 11.3 Å². The molecule has 9 heteroatoms. The molecular formula is C24H29F3N2O4. The van der Waals surface area contributed by atoms with Gasteiger partial charge in [-0.05, 0) is 70.8 Å². The summed E-state index contributed by atoms with van der Waals surface area (Å²) in [7, 11) is 0. The zero-order chi connectivity index (χ0) is 24.2. The maximum absolute atomic E-state index is 12.9. The number of ether oxygens (including phenoxy) is 2. The van der Waals surface area contributed by atoms with Crippen LogP contribution in [-0.4, -0.2) is 41.1 Å². The SMILES string of the molecule is C=CCc1ccc(OC(F)(F)F)c(-c2cc(CN3CCC(C(=O)OC(C)(C)C)CC3)on2)c1. The van der Waals surface area contributed by atoms with Crippen LogP contribution in [0.1, 0.15) is 44.9 Å². The van der Waals surface area contributed by atoms with Gasteiger partial charge in [-0.2, -0.15) is 0 Å². The minimum Gasteiger partial charge on any atom is -0.460 e. The third-order valence-electron chi connectivity index (χ3n) is 5.19. The predicted octanol–water partition coefficient (Wildman–Crippen LogP) is 5.52. The Morgan fingerprint density at radius 2 is 1.94 bits per heavy atom. The molecule has 0 amide bonds. The molecule has 6 nitrogen and oxygen atoms in total. The summed E-state index contributed by atoms with van der Waals surface area (Å²) in [6, 6.07) is 6.05. The Labute approximate surface area is 191 Å². The van der Waals surface area contributed by atoms with Crippen LogP contribution in [0.4, 0.5) is 13.2 Å². The van der Waals surface area contributed by atoms with Crippen molar-refractivity contribution in [3.8, 4) is 17.0 Å². The zero-order valence-electron chi connectivity index (χ0n) is 19.1. The molecule has 0 radical (unpaired) electrons. The van der Waals surface area contributed by atoms with Crippen LogP contribution in [0.15, 0.2) is 41.4 Å². The highest BCUT2D eigenvalue weighted by molar-refractivity contribution is 5.73. The molecule has 1 aliphatic heterocycles. The molecule has 2 heterocycles. The molecule has 180 valence electrons. The average molecular weight is 467 g/mol. The van der Waals surface area contributed by atoms with E-state index in [0.717, 1.165) is 5.56 Å². The van der Waals surface area contributed by atoms with Crippen molar-refractivity contribution in [3.63, 3.8) is 0 Å². The molecule has 33 heavy (non-hydrogen) atoms. The second kappa shape index (κ2) is 9.99. The molecule has 0 unspecified atom stereocenters. The van der Waals surface area contributed by atoms with Crippen LogP contribution < -0.4 is 4.74 Å². The number of hydrogen-bond acceptors (Lipinski definition) is 6. The summed E-state index contributed by atoms with van der Waals surface area (Å²) in [6.45, 7) is 11.0. The van der Waals surface area contributed by atoms with Crippen molar-refractivity contribution in [1.29, 1.82) is 0 Å². The number of aromatic nitrogens is 1. The number of likely N-dealkylation sites (tertiary alicyclic amines) is 1. The van der Waals surface area contributed by atoms with Crippen molar-refractivity contribution in [2.75, 3.05) is 13.1 Å². The quantitative estimate of drug-likeness (QED) is 0.395. The summed E-state index contributed by atoms with van der Waals surface area (Å²) in [6.07, 6.45) is -1.32. The number of esters is 1. The maximum atomic E-state index is 12.9. The molecule has 1 fully saturated rings. The lowest BCUT2D eigenvalue weighted by molar-refractivity contribution is -0.274. The van der Waals surface area contributed by atoms with E-state index in [1.807, 2.05) is 20.8 Å². The maximum Gasteiger partial charge on any atom is 0.573 e. The van der Waals surface area contributed by atoms with Crippen LogP contribution in [0.3, 0.4) is 0 Å². The van der Waals surface area contributed by atoms with Crippen LogP contribution in [0, 0.1) is 5.92 Å². The van der Waals surface area contributed by atoms with Crippen LogP contribution in [-0.2, 0) is 22.5 Å². The molecule has 1 saturated heterocycles. The summed E-state index contributed by atoms with van der Waals surface area (Å²) >= 11 is 0. The smallest absolute Gasteiger partial charge is 0.460 e. The van der Waals surface area contributed by atoms with E-state index in [2.05, 4.69) is 21.4 Å². The Hall–Kier alpha value is -2.81. The number of carbonyl (C=O) groups is 1. The van der Waals surface area contributed by atoms with E-state index in [1.54, 1.807) is 24.3 Å². The fourth-order valence-electron chi connectivity index (χ4n) is 3.73. The number of benzene rings is 1. The van der Waals surface area contributed by atoms with Crippen molar-refractivity contribution >= 4 is 5.97 Å². The second-order valence-corrected chi connectivity index (χ2v) is 9.13. The second-order valence-electron chi connectivity index (χ2n) is 9.13. The van der Waals surface area contributed by atoms with E-state index in [1.165, 1.54) is 6.07 Å². The number of halogens is 3. The largest absolute Gasteiger partial charge is 0.573 e. The molecule has 0 bridgehead atoms. The predicted molar refractivity (Wildman–Crippen MR) is 116 cm³/mol. The third kappa shape index (κ3) is 7.35. The van der Waals surface area contributed by atoms with Gasteiger partial charge in [0.2, 0.25) is 0 Å². The summed E-state index contributed by atoms with van der Waals surface area (Å²) in [5, 5.41) is 3.98. The first-order valence-electron chi connectivity index (χ1n) is 10.8. The normalized spacial score (nSPS) is 15.9. The van der Waals surface area contributed by atoms with Gasteiger partial charge in [-0.3, -0.25) is 9.69 Å². The molecule has 2 aromatic rings. The lowest BCUT2D eigenvalue weighted by Crippen LogP contribution is -2.38. The van der Waals surface area contributed by atoms with E-state index in [9.17, 15) is 18.0 Å². The Kier molecular flexibility index (Phi) is 7.51. The fourth-order valence-corrected chi connectivity index (χ4v) is 3.73.